The Morgan fingerprint density at radius 1 is 0.231 bits per heavy atom. The number of hydrogen-bond acceptors (Lipinski definition) is 15. The average molecular weight is 1520 g/mol. The van der Waals surface area contributed by atoms with Gasteiger partial charge in [0, 0.05) is 25.7 Å². The Hall–Kier alpha value is -1.94. The van der Waals surface area contributed by atoms with E-state index in [2.05, 4.69) is 27.7 Å². The molecule has 0 saturated heterocycles. The summed E-state index contributed by atoms with van der Waals surface area (Å²) in [4.78, 5) is 73.1. The molecule has 0 saturated carbocycles. The largest absolute Gasteiger partial charge is 0.472 e. The molecule has 0 rings (SSSR count). The normalized spacial score (nSPS) is 13.7. The molecule has 0 bridgehead atoms. The van der Waals surface area contributed by atoms with E-state index < -0.39 is 97.5 Å². The zero-order valence-electron chi connectivity index (χ0n) is 68.0. The van der Waals surface area contributed by atoms with Gasteiger partial charge < -0.3 is 33.8 Å². The molecule has 0 aliphatic rings. The Labute approximate surface area is 638 Å². The molecule has 3 N–H and O–H groups in total. The maximum atomic E-state index is 13.1. The van der Waals surface area contributed by atoms with E-state index in [1.165, 1.54) is 295 Å². The lowest BCUT2D eigenvalue weighted by Crippen LogP contribution is -2.30. The number of esters is 4. The fraction of sp³-hybridized carbons (Fsp3) is 0.953. The predicted molar refractivity (Wildman–Crippen MR) is 428 cm³/mol. The number of carbonyl (C=O) groups excluding carboxylic acids is 4. The van der Waals surface area contributed by atoms with Crippen molar-refractivity contribution in [3.05, 3.63) is 0 Å². The van der Waals surface area contributed by atoms with E-state index >= 15 is 0 Å². The van der Waals surface area contributed by atoms with E-state index in [-0.39, 0.29) is 25.7 Å². The lowest BCUT2D eigenvalue weighted by atomic mass is 10.0. The summed E-state index contributed by atoms with van der Waals surface area (Å²) >= 11 is 0. The fourth-order valence-electron chi connectivity index (χ4n) is 13.3. The van der Waals surface area contributed by atoms with Crippen LogP contribution in [-0.4, -0.2) is 96.7 Å². The second kappa shape index (κ2) is 79.2. The summed E-state index contributed by atoms with van der Waals surface area (Å²) in [5.74, 6) is -2.10. The maximum Gasteiger partial charge on any atom is 0.472 e. The first-order chi connectivity index (χ1) is 50.7. The second-order valence-corrected chi connectivity index (χ2v) is 33.5. The van der Waals surface area contributed by atoms with Gasteiger partial charge in [-0.15, -0.1) is 0 Å². The van der Waals surface area contributed by atoms with Crippen LogP contribution in [0.15, 0.2) is 0 Å². The molecule has 0 aliphatic heterocycles. The monoisotopic (exact) mass is 1520 g/mol. The van der Waals surface area contributed by atoms with Crippen molar-refractivity contribution in [2.24, 2.45) is 0 Å². The Balaban J connectivity index is 5.20. The minimum atomic E-state index is -4.96. The summed E-state index contributed by atoms with van der Waals surface area (Å²) in [6.07, 6.45) is 73.6. The van der Waals surface area contributed by atoms with Crippen LogP contribution < -0.4 is 0 Å². The summed E-state index contributed by atoms with van der Waals surface area (Å²) in [6, 6.07) is 0. The van der Waals surface area contributed by atoms with Gasteiger partial charge in [-0.1, -0.05) is 413 Å². The summed E-state index contributed by atoms with van der Waals surface area (Å²) in [5.41, 5.74) is 0. The van der Waals surface area contributed by atoms with Gasteiger partial charge in [0.15, 0.2) is 12.2 Å². The molecule has 0 aromatic rings. The zero-order chi connectivity index (χ0) is 76.0. The highest BCUT2D eigenvalue weighted by Gasteiger charge is 2.30. The van der Waals surface area contributed by atoms with Crippen LogP contribution in [0.4, 0.5) is 0 Å². The van der Waals surface area contributed by atoms with Crippen LogP contribution in [0.25, 0.3) is 0 Å². The van der Waals surface area contributed by atoms with Crippen molar-refractivity contribution in [3.63, 3.8) is 0 Å². The Morgan fingerprint density at radius 3 is 0.567 bits per heavy atom. The van der Waals surface area contributed by atoms with Gasteiger partial charge in [0.05, 0.1) is 26.4 Å². The first-order valence-electron chi connectivity index (χ1n) is 44.3. The standard InChI is InChI=1S/C85H166O17P2/c1-5-9-13-17-21-25-28-31-34-37-38-39-40-43-46-49-52-56-60-64-68-72-85(90)102-81(76-96-83(88)70-66-62-58-54-50-47-44-41-35-32-29-26-22-18-14-10-6-2)78-100-104(93,94)98-74-79(86)73-97-103(91,92)99-77-80(75-95-82(87)69-65-61-57-53-24-20-16-12-8-4)101-84(89)71-67-63-59-55-51-48-45-42-36-33-30-27-23-19-15-11-7-3/h79-81,86H,5-78H2,1-4H3,(H,91,92)(H,93,94)/t79-,80+,81+/m0/s1. The molecule has 17 nitrogen and oxygen atoms in total. The van der Waals surface area contributed by atoms with Crippen LogP contribution in [0.5, 0.6) is 0 Å². The fourth-order valence-corrected chi connectivity index (χ4v) is 14.9. The Bertz CT molecular complexity index is 1960. The lowest BCUT2D eigenvalue weighted by Gasteiger charge is -2.21. The average Bonchev–Trinajstić information content (AvgIpc) is 0.908. The van der Waals surface area contributed by atoms with E-state index in [1.54, 1.807) is 0 Å². The van der Waals surface area contributed by atoms with Gasteiger partial charge in [0.2, 0.25) is 0 Å². The van der Waals surface area contributed by atoms with Crippen LogP contribution in [0.1, 0.15) is 464 Å². The van der Waals surface area contributed by atoms with Crippen LogP contribution in [0, 0.1) is 0 Å². The van der Waals surface area contributed by atoms with E-state index in [4.69, 9.17) is 37.0 Å². The first-order valence-corrected chi connectivity index (χ1v) is 47.3. The number of aliphatic hydroxyl groups is 1. The van der Waals surface area contributed by atoms with Crippen LogP contribution in [-0.2, 0) is 65.4 Å². The summed E-state index contributed by atoms with van der Waals surface area (Å²) < 4.78 is 68.8. The smallest absolute Gasteiger partial charge is 0.462 e. The molecule has 0 spiro atoms. The molecule has 19 heteroatoms. The SMILES string of the molecule is CCCCCCCCCCCCCCCCCCCCCCCC(=O)O[C@H](COC(=O)CCCCCCCCCCCCCCCCCCC)COP(=O)(O)OC[C@@H](O)COP(=O)(O)OC[C@@H](COC(=O)CCCCCCCCCCC)OC(=O)CCCCCCCCCCCCCCCCCCC. The number of hydrogen-bond donors (Lipinski definition) is 3. The van der Waals surface area contributed by atoms with Crippen LogP contribution in [0.3, 0.4) is 0 Å². The lowest BCUT2D eigenvalue weighted by molar-refractivity contribution is -0.161. The quantitative estimate of drug-likeness (QED) is 0.0222. The Kier molecular flexibility index (Phi) is 77.7. The molecule has 0 aromatic carbocycles. The number of carbonyl (C=O) groups is 4. The van der Waals surface area contributed by atoms with E-state index in [0.717, 1.165) is 89.9 Å². The number of phosphoric ester groups is 2. The van der Waals surface area contributed by atoms with Crippen LogP contribution >= 0.6 is 15.6 Å². The van der Waals surface area contributed by atoms with Crippen molar-refractivity contribution in [2.45, 2.75) is 483 Å². The molecular formula is C85H166O17P2. The highest BCUT2D eigenvalue weighted by Crippen LogP contribution is 2.45. The van der Waals surface area contributed by atoms with Crippen LogP contribution in [0.2, 0.25) is 0 Å². The van der Waals surface area contributed by atoms with Crippen molar-refractivity contribution >= 4 is 39.5 Å². The predicted octanol–water partition coefficient (Wildman–Crippen LogP) is 26.1. The third-order valence-corrected chi connectivity index (χ3v) is 22.0. The van der Waals surface area contributed by atoms with Crippen molar-refractivity contribution in [3.8, 4) is 0 Å². The third kappa shape index (κ3) is 78.2. The molecular weight excluding hydrogens is 1350 g/mol. The van der Waals surface area contributed by atoms with Gasteiger partial charge >= 0.3 is 39.5 Å². The summed E-state index contributed by atoms with van der Waals surface area (Å²) in [7, 11) is -9.92. The molecule has 0 radical (unpaired) electrons. The highest BCUT2D eigenvalue weighted by atomic mass is 31.2. The van der Waals surface area contributed by atoms with Gasteiger partial charge in [0.1, 0.15) is 19.3 Å². The molecule has 5 atom stereocenters. The van der Waals surface area contributed by atoms with Crippen molar-refractivity contribution in [1.29, 1.82) is 0 Å². The number of unbranched alkanes of at least 4 members (excludes halogenated alkanes) is 60. The van der Waals surface area contributed by atoms with Gasteiger partial charge in [-0.25, -0.2) is 9.13 Å². The molecule has 0 fully saturated rings. The molecule has 0 heterocycles. The van der Waals surface area contributed by atoms with Gasteiger partial charge in [-0.2, -0.15) is 0 Å². The highest BCUT2D eigenvalue weighted by molar-refractivity contribution is 7.47. The third-order valence-electron chi connectivity index (χ3n) is 20.1. The van der Waals surface area contributed by atoms with Crippen molar-refractivity contribution < 1.29 is 80.2 Å². The number of aliphatic hydroxyl groups excluding tert-OH is 1. The van der Waals surface area contributed by atoms with E-state index in [1.807, 2.05) is 0 Å². The van der Waals surface area contributed by atoms with E-state index in [0.29, 0.717) is 25.7 Å². The van der Waals surface area contributed by atoms with Gasteiger partial charge in [-0.3, -0.25) is 37.3 Å². The number of phosphoric acid groups is 2. The first kappa shape index (κ1) is 102. The summed E-state index contributed by atoms with van der Waals surface area (Å²) in [6.45, 7) is 5.04. The summed E-state index contributed by atoms with van der Waals surface area (Å²) in [5, 5.41) is 10.7. The maximum absolute atomic E-state index is 13.1. The molecule has 0 amide bonds. The molecule has 618 valence electrons. The van der Waals surface area contributed by atoms with Gasteiger partial charge in [-0.05, 0) is 25.7 Å². The molecule has 0 aromatic heterocycles. The zero-order valence-corrected chi connectivity index (χ0v) is 69.8. The molecule has 104 heavy (non-hydrogen) atoms. The molecule has 2 unspecified atom stereocenters. The van der Waals surface area contributed by atoms with Gasteiger partial charge in [0.25, 0.3) is 0 Å². The molecule has 0 aliphatic carbocycles. The second-order valence-electron chi connectivity index (χ2n) is 30.6. The number of ether oxygens (including phenoxy) is 4. The number of rotatable bonds is 86. The Morgan fingerprint density at radius 2 is 0.385 bits per heavy atom. The van der Waals surface area contributed by atoms with E-state index in [9.17, 15) is 43.2 Å². The minimum Gasteiger partial charge on any atom is -0.462 e. The topological polar surface area (TPSA) is 237 Å². The van der Waals surface area contributed by atoms with Crippen molar-refractivity contribution in [1.82, 2.24) is 0 Å². The minimum absolute atomic E-state index is 0.109. The van der Waals surface area contributed by atoms with Crippen molar-refractivity contribution in [2.75, 3.05) is 39.6 Å².